The number of non-ortho nitro benzene ring substituents is 1. The van der Waals surface area contributed by atoms with E-state index in [2.05, 4.69) is 24.1 Å². The average molecular weight is 411 g/mol. The minimum Gasteiger partial charge on any atom is -0.383 e. The Morgan fingerprint density at radius 1 is 1.18 bits per heavy atom. The summed E-state index contributed by atoms with van der Waals surface area (Å²) >= 11 is 0. The van der Waals surface area contributed by atoms with Gasteiger partial charge in [-0.2, -0.15) is 4.31 Å². The van der Waals surface area contributed by atoms with Gasteiger partial charge in [0, 0.05) is 51.4 Å². The van der Waals surface area contributed by atoms with Crippen molar-refractivity contribution in [2.24, 2.45) is 11.8 Å². The highest BCUT2D eigenvalue weighted by Crippen LogP contribution is 2.30. The Bertz CT molecular complexity index is 798. The maximum absolute atomic E-state index is 13.0. The first-order valence-electron chi connectivity index (χ1n) is 10.0. The number of nitro benzene ring substituents is 1. The summed E-state index contributed by atoms with van der Waals surface area (Å²) < 4.78 is 27.5. The van der Waals surface area contributed by atoms with Gasteiger partial charge in [0.15, 0.2) is 0 Å². The first-order valence-corrected chi connectivity index (χ1v) is 11.5. The molecule has 1 aromatic carbocycles. The molecule has 1 aromatic rings. The monoisotopic (exact) mass is 410 g/mol. The zero-order valence-electron chi connectivity index (χ0n) is 16.6. The Balaban J connectivity index is 1.75. The van der Waals surface area contributed by atoms with Crippen molar-refractivity contribution >= 4 is 21.4 Å². The molecule has 0 bridgehead atoms. The zero-order valence-corrected chi connectivity index (χ0v) is 17.5. The van der Waals surface area contributed by atoms with E-state index in [0.29, 0.717) is 37.2 Å². The van der Waals surface area contributed by atoms with Gasteiger partial charge in [-0.3, -0.25) is 10.1 Å². The van der Waals surface area contributed by atoms with E-state index >= 15 is 0 Å². The molecule has 9 heteroatoms. The van der Waals surface area contributed by atoms with Crippen LogP contribution in [0.15, 0.2) is 23.1 Å². The lowest BCUT2D eigenvalue weighted by molar-refractivity contribution is -0.385. The number of sulfonamides is 1. The molecule has 0 radical (unpaired) electrons. The molecule has 0 saturated carbocycles. The Morgan fingerprint density at radius 3 is 2.43 bits per heavy atom. The number of nitrogens with zero attached hydrogens (tertiary/aromatic N) is 3. The van der Waals surface area contributed by atoms with E-state index in [1.807, 2.05) is 0 Å². The molecular formula is C19H30N4O4S. The summed E-state index contributed by atoms with van der Waals surface area (Å²) in [5, 5.41) is 14.4. The molecular weight excluding hydrogens is 380 g/mol. The third-order valence-electron chi connectivity index (χ3n) is 5.55. The molecule has 156 valence electrons. The van der Waals surface area contributed by atoms with Crippen molar-refractivity contribution in [1.82, 2.24) is 9.21 Å². The molecule has 2 aliphatic rings. The second-order valence-corrected chi connectivity index (χ2v) is 10.1. The number of anilines is 1. The highest BCUT2D eigenvalue weighted by Gasteiger charge is 2.31. The molecule has 2 aliphatic heterocycles. The first kappa shape index (κ1) is 21.0. The van der Waals surface area contributed by atoms with Crippen molar-refractivity contribution in [3.63, 3.8) is 0 Å². The predicted molar refractivity (Wildman–Crippen MR) is 109 cm³/mol. The fourth-order valence-corrected chi connectivity index (χ4v) is 6.08. The van der Waals surface area contributed by atoms with Crippen molar-refractivity contribution in [2.75, 3.05) is 44.6 Å². The lowest BCUT2D eigenvalue weighted by atomic mass is 9.92. The van der Waals surface area contributed by atoms with Gasteiger partial charge in [0.25, 0.3) is 5.69 Å². The number of likely N-dealkylation sites (tertiary alicyclic amines) is 1. The van der Waals surface area contributed by atoms with Crippen molar-refractivity contribution in [3.05, 3.63) is 28.3 Å². The van der Waals surface area contributed by atoms with E-state index in [9.17, 15) is 18.5 Å². The second-order valence-electron chi connectivity index (χ2n) is 8.18. The highest BCUT2D eigenvalue weighted by molar-refractivity contribution is 7.89. The van der Waals surface area contributed by atoms with E-state index in [1.54, 1.807) is 0 Å². The number of rotatable bonds is 7. The molecule has 0 amide bonds. The van der Waals surface area contributed by atoms with Gasteiger partial charge in [-0.1, -0.05) is 13.8 Å². The predicted octanol–water partition coefficient (Wildman–Crippen LogP) is 2.77. The van der Waals surface area contributed by atoms with Gasteiger partial charge in [0.1, 0.15) is 4.90 Å². The van der Waals surface area contributed by atoms with Crippen LogP contribution in [0.2, 0.25) is 0 Å². The summed E-state index contributed by atoms with van der Waals surface area (Å²) in [6.45, 7) is 8.95. The Hall–Kier alpha value is -1.71. The van der Waals surface area contributed by atoms with Crippen LogP contribution in [-0.4, -0.2) is 61.8 Å². The lowest BCUT2D eigenvalue weighted by Crippen LogP contribution is -2.41. The molecule has 3 rings (SSSR count). The summed E-state index contributed by atoms with van der Waals surface area (Å²) in [5.74, 6) is 1.32. The van der Waals surface area contributed by atoms with Gasteiger partial charge in [-0.15, -0.1) is 0 Å². The molecule has 2 atom stereocenters. The Kier molecular flexibility index (Phi) is 6.57. The molecule has 8 nitrogen and oxygen atoms in total. The molecule has 0 aromatic heterocycles. The van der Waals surface area contributed by atoms with Crippen molar-refractivity contribution < 1.29 is 13.3 Å². The standard InChI is InChI=1S/C19H30N4O4S/c1-15-11-16(2)14-21(13-15)10-7-20-18-6-5-17(23(24)25)12-19(18)28(26,27)22-8-3-4-9-22/h5-6,12,15-16,20H,3-4,7-11,13-14H2,1-2H3/t15-,16-/m1/s1. The zero-order chi connectivity index (χ0) is 20.3. The topological polar surface area (TPSA) is 95.8 Å². The van der Waals surface area contributed by atoms with E-state index in [1.165, 1.54) is 28.9 Å². The van der Waals surface area contributed by atoms with Crippen LogP contribution in [0.1, 0.15) is 33.1 Å². The maximum Gasteiger partial charge on any atom is 0.270 e. The maximum atomic E-state index is 13.0. The Labute approximate surface area is 167 Å². The molecule has 0 aliphatic carbocycles. The van der Waals surface area contributed by atoms with Crippen LogP contribution in [0, 0.1) is 22.0 Å². The molecule has 0 spiro atoms. The number of hydrogen-bond acceptors (Lipinski definition) is 6. The van der Waals surface area contributed by atoms with Gasteiger partial charge in [-0.25, -0.2) is 8.42 Å². The van der Waals surface area contributed by atoms with Gasteiger partial charge in [0.2, 0.25) is 10.0 Å². The van der Waals surface area contributed by atoms with Crippen LogP contribution in [-0.2, 0) is 10.0 Å². The molecule has 28 heavy (non-hydrogen) atoms. The lowest BCUT2D eigenvalue weighted by Gasteiger charge is -2.35. The SMILES string of the molecule is C[C@@H]1C[C@@H](C)CN(CCNc2ccc([N+](=O)[O-])cc2S(=O)(=O)N2CCCC2)C1. The van der Waals surface area contributed by atoms with E-state index in [0.717, 1.165) is 32.5 Å². The van der Waals surface area contributed by atoms with Crippen LogP contribution < -0.4 is 5.32 Å². The number of benzene rings is 1. The number of hydrogen-bond donors (Lipinski definition) is 1. The molecule has 2 heterocycles. The summed E-state index contributed by atoms with van der Waals surface area (Å²) in [5.41, 5.74) is 0.234. The van der Waals surface area contributed by atoms with Gasteiger partial charge in [-0.05, 0) is 37.2 Å². The van der Waals surface area contributed by atoms with Crippen LogP contribution in [0.25, 0.3) is 0 Å². The van der Waals surface area contributed by atoms with Crippen molar-refractivity contribution in [1.29, 1.82) is 0 Å². The molecule has 0 unspecified atom stereocenters. The third-order valence-corrected chi connectivity index (χ3v) is 7.49. The molecule has 1 N–H and O–H groups in total. The molecule has 2 fully saturated rings. The number of piperidine rings is 1. The van der Waals surface area contributed by atoms with E-state index in [-0.39, 0.29) is 10.6 Å². The normalized spacial score (nSPS) is 24.4. The van der Waals surface area contributed by atoms with Crippen LogP contribution in [0.5, 0.6) is 0 Å². The smallest absolute Gasteiger partial charge is 0.270 e. The fraction of sp³-hybridized carbons (Fsp3) is 0.684. The number of nitrogens with one attached hydrogen (secondary N) is 1. The van der Waals surface area contributed by atoms with Crippen molar-refractivity contribution in [3.8, 4) is 0 Å². The van der Waals surface area contributed by atoms with Crippen LogP contribution >= 0.6 is 0 Å². The largest absolute Gasteiger partial charge is 0.383 e. The minimum atomic E-state index is -3.75. The van der Waals surface area contributed by atoms with Crippen LogP contribution in [0.3, 0.4) is 0 Å². The summed E-state index contributed by atoms with van der Waals surface area (Å²) in [4.78, 5) is 13.0. The first-order chi connectivity index (χ1) is 13.3. The minimum absolute atomic E-state index is 0.00369. The molecule has 2 saturated heterocycles. The third kappa shape index (κ3) is 4.82. The summed E-state index contributed by atoms with van der Waals surface area (Å²) in [6, 6.07) is 4.06. The fourth-order valence-electron chi connectivity index (χ4n) is 4.37. The summed E-state index contributed by atoms with van der Waals surface area (Å²) in [6.07, 6.45) is 2.88. The quantitative estimate of drug-likeness (QED) is 0.548. The average Bonchev–Trinajstić information content (AvgIpc) is 3.16. The second kappa shape index (κ2) is 8.75. The van der Waals surface area contributed by atoms with Crippen molar-refractivity contribution in [2.45, 2.75) is 38.0 Å². The van der Waals surface area contributed by atoms with E-state index in [4.69, 9.17) is 0 Å². The number of nitro groups is 1. The van der Waals surface area contributed by atoms with Gasteiger partial charge in [0.05, 0.1) is 10.6 Å². The summed E-state index contributed by atoms with van der Waals surface area (Å²) in [7, 11) is -3.75. The van der Waals surface area contributed by atoms with Gasteiger partial charge >= 0.3 is 0 Å². The van der Waals surface area contributed by atoms with Gasteiger partial charge < -0.3 is 10.2 Å². The highest BCUT2D eigenvalue weighted by atomic mass is 32.2. The Morgan fingerprint density at radius 2 is 1.82 bits per heavy atom. The van der Waals surface area contributed by atoms with Crippen LogP contribution in [0.4, 0.5) is 11.4 Å². The van der Waals surface area contributed by atoms with E-state index < -0.39 is 14.9 Å².